The van der Waals surface area contributed by atoms with Crippen LogP contribution >= 0.6 is 27.7 Å². The van der Waals surface area contributed by atoms with Crippen molar-refractivity contribution in [1.29, 1.82) is 0 Å². The standard InChI is InChI=1S/C10H10BrN3O5S/c1-5(15)13-7(10(16)17)4-20-9-8(14(18)19)2-6(11)3-12-9/h2-3,7H,4H2,1H3,(H,13,15)(H,16,17). The highest BCUT2D eigenvalue weighted by Crippen LogP contribution is 2.29. The Morgan fingerprint density at radius 1 is 1.65 bits per heavy atom. The minimum Gasteiger partial charge on any atom is -0.480 e. The molecule has 0 aromatic carbocycles. The third-order valence-corrected chi connectivity index (χ3v) is 3.58. The SMILES string of the molecule is CC(=O)NC(CSc1ncc(Br)cc1[N+](=O)[O-])C(=O)O. The highest BCUT2D eigenvalue weighted by atomic mass is 79.9. The molecule has 20 heavy (non-hydrogen) atoms. The number of nitrogens with zero attached hydrogens (tertiary/aromatic N) is 2. The Labute approximate surface area is 126 Å². The lowest BCUT2D eigenvalue weighted by Crippen LogP contribution is -2.41. The van der Waals surface area contributed by atoms with Crippen LogP contribution in [0.1, 0.15) is 6.92 Å². The molecule has 0 radical (unpaired) electrons. The molecule has 0 spiro atoms. The van der Waals surface area contributed by atoms with Gasteiger partial charge in [-0.05, 0) is 15.9 Å². The van der Waals surface area contributed by atoms with Crippen LogP contribution in [-0.4, -0.2) is 38.7 Å². The molecule has 108 valence electrons. The van der Waals surface area contributed by atoms with Gasteiger partial charge in [-0.15, -0.1) is 0 Å². The molecule has 1 atom stereocenters. The summed E-state index contributed by atoms with van der Waals surface area (Å²) >= 11 is 3.97. The Morgan fingerprint density at radius 2 is 2.30 bits per heavy atom. The van der Waals surface area contributed by atoms with Crippen molar-refractivity contribution in [2.75, 3.05) is 5.75 Å². The fraction of sp³-hybridized carbons (Fsp3) is 0.300. The lowest BCUT2D eigenvalue weighted by molar-refractivity contribution is -0.388. The van der Waals surface area contributed by atoms with Crippen LogP contribution < -0.4 is 5.32 Å². The maximum Gasteiger partial charge on any atom is 0.327 e. The number of pyridine rings is 1. The van der Waals surface area contributed by atoms with Gasteiger partial charge in [0.25, 0.3) is 0 Å². The van der Waals surface area contributed by atoms with Gasteiger partial charge < -0.3 is 10.4 Å². The Kier molecular flexibility index (Phi) is 5.89. The second-order valence-corrected chi connectivity index (χ2v) is 5.56. The number of aromatic nitrogens is 1. The number of carboxylic acid groups (broad SMARTS) is 1. The third-order valence-electron chi connectivity index (χ3n) is 2.06. The van der Waals surface area contributed by atoms with Crippen LogP contribution in [0.5, 0.6) is 0 Å². The lowest BCUT2D eigenvalue weighted by atomic mass is 10.3. The molecule has 0 saturated carbocycles. The number of hydrogen-bond acceptors (Lipinski definition) is 6. The quantitative estimate of drug-likeness (QED) is 0.445. The van der Waals surface area contributed by atoms with Gasteiger partial charge in [-0.1, -0.05) is 11.8 Å². The maximum absolute atomic E-state index is 10.9. The summed E-state index contributed by atoms with van der Waals surface area (Å²) in [6, 6.07) is 0.145. The van der Waals surface area contributed by atoms with Gasteiger partial charge >= 0.3 is 11.7 Å². The zero-order valence-electron chi connectivity index (χ0n) is 10.2. The number of rotatable bonds is 6. The second kappa shape index (κ2) is 7.20. The van der Waals surface area contributed by atoms with Crippen LogP contribution in [0.3, 0.4) is 0 Å². The average molecular weight is 364 g/mol. The predicted octanol–water partition coefficient (Wildman–Crippen LogP) is 1.43. The summed E-state index contributed by atoms with van der Waals surface area (Å²) in [5.74, 6) is -1.77. The fourth-order valence-corrected chi connectivity index (χ4v) is 2.52. The summed E-state index contributed by atoms with van der Waals surface area (Å²) in [5, 5.41) is 22.1. The molecule has 0 aliphatic carbocycles. The molecule has 10 heteroatoms. The van der Waals surface area contributed by atoms with Gasteiger partial charge in [0.2, 0.25) is 5.91 Å². The van der Waals surface area contributed by atoms with E-state index in [-0.39, 0.29) is 16.5 Å². The normalized spacial score (nSPS) is 11.7. The minimum absolute atomic E-state index is 0.0651. The second-order valence-electron chi connectivity index (χ2n) is 3.64. The number of carbonyl (C=O) groups is 2. The number of nitrogens with one attached hydrogen (secondary N) is 1. The molecule has 0 fully saturated rings. The van der Waals surface area contributed by atoms with Crippen LogP contribution in [0.4, 0.5) is 5.69 Å². The maximum atomic E-state index is 10.9. The summed E-state index contributed by atoms with van der Waals surface area (Å²) in [5.41, 5.74) is -0.226. The number of carbonyl (C=O) groups excluding carboxylic acids is 1. The number of halogens is 1. The number of thioether (sulfide) groups is 1. The topological polar surface area (TPSA) is 122 Å². The van der Waals surface area contributed by atoms with E-state index in [4.69, 9.17) is 5.11 Å². The van der Waals surface area contributed by atoms with Gasteiger partial charge in [0, 0.05) is 29.4 Å². The molecule has 0 aliphatic rings. The summed E-state index contributed by atoms with van der Waals surface area (Å²) in [4.78, 5) is 36.0. The Hall–Kier alpha value is -1.68. The van der Waals surface area contributed by atoms with Crippen LogP contribution in [0, 0.1) is 10.1 Å². The summed E-state index contributed by atoms with van der Waals surface area (Å²) in [6.45, 7) is 1.20. The molecule has 1 heterocycles. The average Bonchev–Trinajstić information content (AvgIpc) is 2.34. The monoisotopic (exact) mass is 363 g/mol. The van der Waals surface area contributed by atoms with Crippen LogP contribution in [0.15, 0.2) is 21.8 Å². The first-order valence-electron chi connectivity index (χ1n) is 5.24. The van der Waals surface area contributed by atoms with Gasteiger partial charge in [-0.2, -0.15) is 0 Å². The van der Waals surface area contributed by atoms with Gasteiger partial charge in [0.15, 0.2) is 5.03 Å². The Morgan fingerprint density at radius 3 is 2.80 bits per heavy atom. The van der Waals surface area contributed by atoms with Crippen LogP contribution in [-0.2, 0) is 9.59 Å². The van der Waals surface area contributed by atoms with E-state index in [0.717, 1.165) is 11.8 Å². The van der Waals surface area contributed by atoms with E-state index >= 15 is 0 Å². The summed E-state index contributed by atoms with van der Waals surface area (Å²) in [7, 11) is 0. The fourth-order valence-electron chi connectivity index (χ4n) is 1.24. The first-order chi connectivity index (χ1) is 9.31. The van der Waals surface area contributed by atoms with E-state index in [9.17, 15) is 19.7 Å². The molecule has 1 aromatic heterocycles. The molecule has 2 N–H and O–H groups in total. The van der Waals surface area contributed by atoms with Gasteiger partial charge in [-0.25, -0.2) is 9.78 Å². The van der Waals surface area contributed by atoms with Crippen LogP contribution in [0.2, 0.25) is 0 Å². The summed E-state index contributed by atoms with van der Waals surface area (Å²) < 4.78 is 0.449. The minimum atomic E-state index is -1.22. The van der Waals surface area contributed by atoms with Crippen molar-refractivity contribution in [1.82, 2.24) is 10.3 Å². The lowest BCUT2D eigenvalue weighted by Gasteiger charge is -2.12. The third kappa shape index (κ3) is 4.78. The van der Waals surface area contributed by atoms with E-state index in [1.165, 1.54) is 19.2 Å². The zero-order chi connectivity index (χ0) is 15.3. The predicted molar refractivity (Wildman–Crippen MR) is 74.6 cm³/mol. The molecule has 8 nitrogen and oxygen atoms in total. The van der Waals surface area contributed by atoms with Gasteiger partial charge in [0.05, 0.1) is 4.92 Å². The van der Waals surface area contributed by atoms with Gasteiger partial charge in [0.1, 0.15) is 6.04 Å². The number of aliphatic carboxylic acids is 1. The molecule has 1 aromatic rings. The van der Waals surface area contributed by atoms with Gasteiger partial charge in [-0.3, -0.25) is 14.9 Å². The van der Waals surface area contributed by atoms with Crippen molar-refractivity contribution in [3.05, 3.63) is 26.9 Å². The van der Waals surface area contributed by atoms with E-state index < -0.39 is 22.8 Å². The molecule has 1 unspecified atom stereocenters. The smallest absolute Gasteiger partial charge is 0.327 e. The number of nitro groups is 1. The summed E-state index contributed by atoms with van der Waals surface area (Å²) in [6.07, 6.45) is 1.38. The Balaban J connectivity index is 2.85. The van der Waals surface area contributed by atoms with Crippen molar-refractivity contribution < 1.29 is 19.6 Å². The number of hydrogen-bond donors (Lipinski definition) is 2. The first kappa shape index (κ1) is 16.4. The largest absolute Gasteiger partial charge is 0.480 e. The number of carboxylic acids is 1. The number of amides is 1. The highest BCUT2D eigenvalue weighted by Gasteiger charge is 2.22. The van der Waals surface area contributed by atoms with Crippen molar-refractivity contribution in [3.63, 3.8) is 0 Å². The van der Waals surface area contributed by atoms with Crippen LogP contribution in [0.25, 0.3) is 0 Å². The van der Waals surface area contributed by atoms with Crippen molar-refractivity contribution in [3.8, 4) is 0 Å². The van der Waals surface area contributed by atoms with E-state index in [2.05, 4.69) is 26.2 Å². The highest BCUT2D eigenvalue weighted by molar-refractivity contribution is 9.10. The van der Waals surface area contributed by atoms with E-state index in [1.807, 2.05) is 0 Å². The molecular weight excluding hydrogens is 354 g/mol. The molecule has 0 aliphatic heterocycles. The first-order valence-corrected chi connectivity index (χ1v) is 7.01. The molecule has 0 bridgehead atoms. The molecule has 0 saturated heterocycles. The molecule has 1 amide bonds. The zero-order valence-corrected chi connectivity index (χ0v) is 12.6. The van der Waals surface area contributed by atoms with E-state index in [1.54, 1.807) is 0 Å². The molecular formula is C10H10BrN3O5S. The van der Waals surface area contributed by atoms with Crippen molar-refractivity contribution in [2.45, 2.75) is 18.0 Å². The Bertz CT molecular complexity index is 554. The van der Waals surface area contributed by atoms with Crippen molar-refractivity contribution in [2.24, 2.45) is 0 Å². The molecule has 1 rings (SSSR count). The van der Waals surface area contributed by atoms with Crippen molar-refractivity contribution >= 4 is 45.3 Å². The van der Waals surface area contributed by atoms with E-state index in [0.29, 0.717) is 4.47 Å².